The number of hydrogen-bond acceptors (Lipinski definition) is 5. The molecule has 2 aromatic carbocycles. The molecule has 8 heteroatoms. The number of para-hydroxylation sites is 2. The van der Waals surface area contributed by atoms with E-state index in [2.05, 4.69) is 15.5 Å². The number of aromatic nitrogens is 2. The molecule has 3 aromatic rings. The SMILES string of the molecule is C/C(=N/NC(=O)Cn1cnc2ccccc21)c1ccc(N2CCOCC2)c(F)c1. The third kappa shape index (κ3) is 4.27. The van der Waals surface area contributed by atoms with E-state index < -0.39 is 0 Å². The van der Waals surface area contributed by atoms with E-state index in [0.29, 0.717) is 43.3 Å². The van der Waals surface area contributed by atoms with E-state index in [1.807, 2.05) is 35.2 Å². The number of fused-ring (bicyclic) bond motifs is 1. The summed E-state index contributed by atoms with van der Waals surface area (Å²) < 4.78 is 21.6. The van der Waals surface area contributed by atoms with Gasteiger partial charge in [-0.2, -0.15) is 5.10 Å². The smallest absolute Gasteiger partial charge is 0.260 e. The Hall–Kier alpha value is -3.26. The molecule has 0 saturated carbocycles. The summed E-state index contributed by atoms with van der Waals surface area (Å²) in [4.78, 5) is 18.5. The van der Waals surface area contributed by atoms with Gasteiger partial charge in [-0.3, -0.25) is 4.79 Å². The number of carbonyl (C=O) groups excluding carboxylic acids is 1. The Kier molecular flexibility index (Phi) is 5.53. The Labute approximate surface area is 167 Å². The summed E-state index contributed by atoms with van der Waals surface area (Å²) in [5.74, 6) is -0.590. The summed E-state index contributed by atoms with van der Waals surface area (Å²) in [6.07, 6.45) is 1.63. The number of ether oxygens (including phenoxy) is 1. The van der Waals surface area contributed by atoms with Gasteiger partial charge in [0, 0.05) is 18.7 Å². The van der Waals surface area contributed by atoms with E-state index in [0.717, 1.165) is 11.0 Å². The zero-order valence-electron chi connectivity index (χ0n) is 16.1. The quantitative estimate of drug-likeness (QED) is 0.532. The molecule has 0 radical (unpaired) electrons. The second-order valence-electron chi connectivity index (χ2n) is 6.86. The van der Waals surface area contributed by atoms with Gasteiger partial charge in [0.2, 0.25) is 0 Å². The first-order valence-electron chi connectivity index (χ1n) is 9.47. The highest BCUT2D eigenvalue weighted by atomic mass is 19.1. The standard InChI is InChI=1S/C21H22FN5O2/c1-15(16-6-7-19(17(22)12-16)26-8-10-29-11-9-26)24-25-21(28)13-27-14-23-18-4-2-3-5-20(18)27/h2-7,12,14H,8-11,13H2,1H3,(H,25,28)/b24-15-. The van der Waals surface area contributed by atoms with Gasteiger partial charge in [0.05, 0.1) is 42.0 Å². The summed E-state index contributed by atoms with van der Waals surface area (Å²) in [6.45, 7) is 4.36. The van der Waals surface area contributed by atoms with E-state index in [4.69, 9.17) is 4.74 Å². The number of amides is 1. The number of carbonyl (C=O) groups is 1. The molecule has 29 heavy (non-hydrogen) atoms. The maximum absolute atomic E-state index is 14.6. The van der Waals surface area contributed by atoms with Crippen LogP contribution in [0.3, 0.4) is 0 Å². The number of hydrazone groups is 1. The van der Waals surface area contributed by atoms with Crippen LogP contribution in [0.2, 0.25) is 0 Å². The Morgan fingerprint density at radius 1 is 1.24 bits per heavy atom. The third-order valence-electron chi connectivity index (χ3n) is 4.91. The van der Waals surface area contributed by atoms with Gasteiger partial charge in [0.25, 0.3) is 5.91 Å². The van der Waals surface area contributed by atoms with Crippen LogP contribution in [0, 0.1) is 5.82 Å². The van der Waals surface area contributed by atoms with Crippen LogP contribution in [0.1, 0.15) is 12.5 Å². The molecule has 1 aliphatic heterocycles. The molecule has 4 rings (SSSR count). The largest absolute Gasteiger partial charge is 0.378 e. The van der Waals surface area contributed by atoms with Crippen molar-refractivity contribution in [1.82, 2.24) is 15.0 Å². The monoisotopic (exact) mass is 395 g/mol. The lowest BCUT2D eigenvalue weighted by Gasteiger charge is -2.29. The van der Waals surface area contributed by atoms with Crippen molar-refractivity contribution in [3.05, 3.63) is 60.2 Å². The second-order valence-corrected chi connectivity index (χ2v) is 6.86. The minimum absolute atomic E-state index is 0.0988. The fraction of sp³-hybridized carbons (Fsp3) is 0.286. The fourth-order valence-electron chi connectivity index (χ4n) is 3.33. The molecule has 0 aliphatic carbocycles. The Morgan fingerprint density at radius 3 is 2.83 bits per heavy atom. The van der Waals surface area contributed by atoms with Gasteiger partial charge in [-0.15, -0.1) is 0 Å². The van der Waals surface area contributed by atoms with Crippen molar-refractivity contribution >= 4 is 28.3 Å². The topological polar surface area (TPSA) is 71.8 Å². The molecule has 2 heterocycles. The number of imidazole rings is 1. The van der Waals surface area contributed by atoms with E-state index in [9.17, 15) is 9.18 Å². The normalized spacial score (nSPS) is 15.0. The van der Waals surface area contributed by atoms with Gasteiger partial charge in [-0.1, -0.05) is 18.2 Å². The first kappa shape index (κ1) is 19.1. The average Bonchev–Trinajstić information content (AvgIpc) is 3.15. The number of benzene rings is 2. The lowest BCUT2D eigenvalue weighted by Crippen LogP contribution is -2.36. The molecule has 0 spiro atoms. The molecule has 1 amide bonds. The van der Waals surface area contributed by atoms with Crippen LogP contribution in [-0.4, -0.2) is 47.5 Å². The molecular formula is C21H22FN5O2. The van der Waals surface area contributed by atoms with Gasteiger partial charge in [-0.05, 0) is 31.2 Å². The van der Waals surface area contributed by atoms with Gasteiger partial charge in [0.15, 0.2) is 0 Å². The van der Waals surface area contributed by atoms with Crippen molar-refractivity contribution < 1.29 is 13.9 Å². The first-order valence-corrected chi connectivity index (χ1v) is 9.47. The minimum Gasteiger partial charge on any atom is -0.378 e. The first-order chi connectivity index (χ1) is 14.1. The highest BCUT2D eigenvalue weighted by Gasteiger charge is 2.16. The van der Waals surface area contributed by atoms with Crippen LogP contribution in [0.25, 0.3) is 11.0 Å². The van der Waals surface area contributed by atoms with Crippen LogP contribution in [-0.2, 0) is 16.1 Å². The maximum Gasteiger partial charge on any atom is 0.260 e. The van der Waals surface area contributed by atoms with Crippen LogP contribution in [0.5, 0.6) is 0 Å². The molecule has 7 nitrogen and oxygen atoms in total. The molecule has 1 N–H and O–H groups in total. The van der Waals surface area contributed by atoms with Gasteiger partial charge < -0.3 is 14.2 Å². The summed E-state index contributed by atoms with van der Waals surface area (Å²) in [5.41, 5.74) is 5.94. The van der Waals surface area contributed by atoms with E-state index in [1.165, 1.54) is 6.07 Å². The molecule has 1 aliphatic rings. The highest BCUT2D eigenvalue weighted by Crippen LogP contribution is 2.22. The average molecular weight is 395 g/mol. The fourth-order valence-corrected chi connectivity index (χ4v) is 3.33. The van der Waals surface area contributed by atoms with Crippen molar-refractivity contribution in [3.63, 3.8) is 0 Å². The Bertz CT molecular complexity index is 1060. The van der Waals surface area contributed by atoms with E-state index in [-0.39, 0.29) is 18.3 Å². The molecule has 0 atom stereocenters. The lowest BCUT2D eigenvalue weighted by atomic mass is 10.1. The van der Waals surface area contributed by atoms with E-state index in [1.54, 1.807) is 23.9 Å². The van der Waals surface area contributed by atoms with Crippen LogP contribution in [0.15, 0.2) is 53.9 Å². The van der Waals surface area contributed by atoms with Crippen LogP contribution in [0.4, 0.5) is 10.1 Å². The zero-order chi connectivity index (χ0) is 20.2. The van der Waals surface area contributed by atoms with Crippen molar-refractivity contribution in [2.75, 3.05) is 31.2 Å². The van der Waals surface area contributed by atoms with Crippen LogP contribution >= 0.6 is 0 Å². The minimum atomic E-state index is -0.310. The van der Waals surface area contributed by atoms with Gasteiger partial charge in [-0.25, -0.2) is 14.8 Å². The van der Waals surface area contributed by atoms with Crippen molar-refractivity contribution in [3.8, 4) is 0 Å². The van der Waals surface area contributed by atoms with Crippen molar-refractivity contribution in [2.45, 2.75) is 13.5 Å². The maximum atomic E-state index is 14.6. The highest BCUT2D eigenvalue weighted by molar-refractivity contribution is 5.99. The molecule has 0 unspecified atom stereocenters. The number of halogens is 1. The zero-order valence-corrected chi connectivity index (χ0v) is 16.1. The number of nitrogens with one attached hydrogen (secondary N) is 1. The van der Waals surface area contributed by atoms with Crippen molar-refractivity contribution in [1.29, 1.82) is 0 Å². The van der Waals surface area contributed by atoms with E-state index >= 15 is 0 Å². The molecular weight excluding hydrogens is 373 g/mol. The Morgan fingerprint density at radius 2 is 2.03 bits per heavy atom. The molecule has 150 valence electrons. The number of hydrogen-bond donors (Lipinski definition) is 1. The van der Waals surface area contributed by atoms with Gasteiger partial charge in [0.1, 0.15) is 12.4 Å². The third-order valence-corrected chi connectivity index (χ3v) is 4.91. The number of morpholine rings is 1. The van der Waals surface area contributed by atoms with Crippen molar-refractivity contribution in [2.24, 2.45) is 5.10 Å². The molecule has 1 aromatic heterocycles. The predicted octanol–water partition coefficient (Wildman–Crippen LogP) is 2.55. The summed E-state index contributed by atoms with van der Waals surface area (Å²) in [6, 6.07) is 12.6. The summed E-state index contributed by atoms with van der Waals surface area (Å²) >= 11 is 0. The lowest BCUT2D eigenvalue weighted by molar-refractivity contribution is -0.121. The number of nitrogens with zero attached hydrogens (tertiary/aromatic N) is 4. The van der Waals surface area contributed by atoms with Crippen LogP contribution < -0.4 is 10.3 Å². The summed E-state index contributed by atoms with van der Waals surface area (Å²) in [7, 11) is 0. The Balaban J connectivity index is 1.41. The molecule has 1 saturated heterocycles. The molecule has 0 bridgehead atoms. The number of anilines is 1. The number of rotatable bonds is 5. The summed E-state index contributed by atoms with van der Waals surface area (Å²) in [5, 5.41) is 4.12. The predicted molar refractivity (Wildman–Crippen MR) is 110 cm³/mol. The van der Waals surface area contributed by atoms with Gasteiger partial charge >= 0.3 is 0 Å². The molecule has 1 fully saturated rings. The second kappa shape index (κ2) is 8.40.